The first-order valence-electron chi connectivity index (χ1n) is 30.1. The molecule has 0 atom stereocenters. The van der Waals surface area contributed by atoms with Crippen LogP contribution >= 0.6 is 11.6 Å². The number of anilines is 2. The highest BCUT2D eigenvalue weighted by molar-refractivity contribution is 6.80. The third-order valence-corrected chi connectivity index (χ3v) is 14.3. The van der Waals surface area contributed by atoms with Gasteiger partial charge in [-0.3, -0.25) is 34.2 Å². The van der Waals surface area contributed by atoms with E-state index in [0.717, 1.165) is 103 Å². The van der Waals surface area contributed by atoms with E-state index in [4.69, 9.17) is 51.5 Å². The molecule has 24 heteroatoms. The molecule has 2 aliphatic rings. The topological polar surface area (TPSA) is 282 Å². The predicted molar refractivity (Wildman–Crippen MR) is 346 cm³/mol. The number of carbonyl (C=O) groups excluding carboxylic acids is 4. The number of aliphatic hydroxyl groups excluding tert-OH is 2. The molecule has 21 nitrogen and oxygen atoms in total. The number of fused-ring (bicyclic) bond motifs is 2. The van der Waals surface area contributed by atoms with E-state index in [-0.39, 0.29) is 43.6 Å². The lowest BCUT2D eigenvalue weighted by atomic mass is 10.1. The van der Waals surface area contributed by atoms with Gasteiger partial charge in [-0.15, -0.1) is 0 Å². The van der Waals surface area contributed by atoms with Crippen LogP contribution in [0.15, 0.2) is 146 Å². The molecule has 2 aromatic heterocycles. The molecule has 0 saturated carbocycles. The number of pyridine rings is 2. The van der Waals surface area contributed by atoms with Crippen LogP contribution in [-0.2, 0) is 59.4 Å². The molecule has 488 valence electrons. The number of esters is 1. The van der Waals surface area contributed by atoms with Crippen molar-refractivity contribution in [2.24, 2.45) is 5.73 Å². The van der Waals surface area contributed by atoms with Gasteiger partial charge in [0.15, 0.2) is 23.1 Å². The Kier molecular flexibility index (Phi) is 29.2. The highest BCUT2D eigenvalue weighted by Crippen LogP contribution is 2.37. The van der Waals surface area contributed by atoms with Crippen molar-refractivity contribution in [3.63, 3.8) is 0 Å². The van der Waals surface area contributed by atoms with Crippen molar-refractivity contribution in [2.45, 2.75) is 45.8 Å². The summed E-state index contributed by atoms with van der Waals surface area (Å²) in [5, 5.41) is 25.0. The van der Waals surface area contributed by atoms with Gasteiger partial charge in [0.25, 0.3) is 0 Å². The van der Waals surface area contributed by atoms with Gasteiger partial charge in [-0.2, -0.15) is 0 Å². The van der Waals surface area contributed by atoms with Crippen LogP contribution in [0, 0.1) is 11.6 Å². The van der Waals surface area contributed by atoms with Crippen molar-refractivity contribution in [3.8, 4) is 34.5 Å². The second kappa shape index (κ2) is 38.1. The van der Waals surface area contributed by atoms with Gasteiger partial charge in [-0.05, 0) is 110 Å². The van der Waals surface area contributed by atoms with Gasteiger partial charge >= 0.3 is 23.0 Å². The molecule has 0 bridgehead atoms. The molecule has 0 unspecified atom stereocenters. The lowest BCUT2D eigenvalue weighted by Crippen LogP contribution is -2.37. The summed E-state index contributed by atoms with van der Waals surface area (Å²) in [4.78, 5) is 57.8. The zero-order valence-electron chi connectivity index (χ0n) is 51.2. The number of benzene rings is 6. The number of hydrogen-bond donors (Lipinski definition) is 6. The molecular weight excluding hydrogens is 1210 g/mol. The number of nitrogens with zero attached hydrogens (tertiary/aromatic N) is 4. The minimum absolute atomic E-state index is 0.0655. The second-order valence-electron chi connectivity index (χ2n) is 20.7. The van der Waals surface area contributed by atoms with Gasteiger partial charge in [0.2, 0.25) is 0 Å². The molecule has 2 amide bonds. The molecule has 92 heavy (non-hydrogen) atoms. The summed E-state index contributed by atoms with van der Waals surface area (Å²) in [6, 6.07) is 38.2. The van der Waals surface area contributed by atoms with Gasteiger partial charge < -0.3 is 65.5 Å². The Hall–Kier alpha value is -8.91. The maximum absolute atomic E-state index is 15.0. The molecular formula is C68H77ClF2N8O13. The van der Waals surface area contributed by atoms with Gasteiger partial charge in [-0.25, -0.2) is 13.6 Å². The van der Waals surface area contributed by atoms with E-state index < -0.39 is 34.7 Å². The maximum atomic E-state index is 15.0. The SMILES string of the molecule is CCOC(=O)C(=O)Cl.NCCc1ccccc1.Nc1ccc(Oc2ccnc3cc(OCCCN4CCOCC4)c(CO)cc23)c(F)c1.O=C(NCCc1ccccc1)C(=O)Nc1ccc(Oc2ccnc3cc(OCCCN4CCOCC4)c(CO)cc23)c(F)c1. The average molecular weight is 1290 g/mol. The van der Waals surface area contributed by atoms with Gasteiger partial charge in [0.05, 0.1) is 70.5 Å². The van der Waals surface area contributed by atoms with Gasteiger partial charge in [-0.1, -0.05) is 60.7 Å². The summed E-state index contributed by atoms with van der Waals surface area (Å²) in [6.45, 7) is 12.0. The fourth-order valence-electron chi connectivity index (χ4n) is 9.40. The molecule has 6 aromatic carbocycles. The Labute approximate surface area is 537 Å². The van der Waals surface area contributed by atoms with E-state index in [1.807, 2.05) is 48.5 Å². The van der Waals surface area contributed by atoms with E-state index in [1.165, 1.54) is 29.8 Å². The summed E-state index contributed by atoms with van der Waals surface area (Å²) in [5.74, 6) is -2.14. The van der Waals surface area contributed by atoms with E-state index in [0.29, 0.717) is 81.3 Å². The average Bonchev–Trinajstić information content (AvgIpc) is 0.900. The quantitative estimate of drug-likeness (QED) is 0.0108. The van der Waals surface area contributed by atoms with Crippen LogP contribution in [-0.4, -0.2) is 152 Å². The molecule has 0 radical (unpaired) electrons. The number of carbonyl (C=O) groups is 4. The maximum Gasteiger partial charge on any atom is 0.391 e. The van der Waals surface area contributed by atoms with E-state index in [2.05, 4.69) is 47.3 Å². The summed E-state index contributed by atoms with van der Waals surface area (Å²) in [7, 11) is 0. The Bertz CT molecular complexity index is 3640. The van der Waals surface area contributed by atoms with Crippen LogP contribution in [0.2, 0.25) is 0 Å². The normalized spacial score (nSPS) is 13.0. The number of morpholine rings is 2. The van der Waals surface area contributed by atoms with Gasteiger partial charge in [0.1, 0.15) is 23.0 Å². The van der Waals surface area contributed by atoms with Crippen LogP contribution in [0.5, 0.6) is 34.5 Å². The van der Waals surface area contributed by atoms with Crippen molar-refractivity contribution >= 4 is 67.8 Å². The summed E-state index contributed by atoms with van der Waals surface area (Å²) < 4.78 is 67.7. The van der Waals surface area contributed by atoms with Crippen molar-refractivity contribution in [3.05, 3.63) is 180 Å². The highest BCUT2D eigenvalue weighted by atomic mass is 35.5. The van der Waals surface area contributed by atoms with Crippen LogP contribution < -0.4 is 41.0 Å². The zero-order chi connectivity index (χ0) is 65.5. The smallest absolute Gasteiger partial charge is 0.391 e. The van der Waals surface area contributed by atoms with Crippen LogP contribution in [0.1, 0.15) is 42.0 Å². The fraction of sp³-hybridized carbons (Fsp3) is 0.324. The standard InChI is InChI=1S/C33H35FN4O6.C23H26FN3O4.C8H11N.C4H5ClO3/c34-27-20-25(37-33(41)32(40)36-11-9-23-5-2-1-3-6-23)7-8-30(27)44-29-10-12-35-28-21-31(24(22-39)19-26(28)29)43-16-4-13-38-14-17-42-18-15-38;24-19-13-17(25)2-3-22(19)31-21-4-5-26-20-14-23(16(15-28)12-18(20)21)30-9-1-6-27-7-10-29-11-8-27;9-7-6-8-4-2-1-3-5-8;1-2-8-4(7)3(5)6/h1-3,5-8,10,12,19-21,39H,4,9,11,13-18,22H2,(H,36,40)(H,37,41);2-5,12-14,28H,1,6-11,15,25H2;1-5H,6-7,9H2;2H2,1H3. The first-order chi connectivity index (χ1) is 44.7. The van der Waals surface area contributed by atoms with Crippen molar-refractivity contribution in [1.29, 1.82) is 0 Å². The number of nitrogen functional groups attached to an aromatic ring is 1. The monoisotopic (exact) mass is 1290 g/mol. The Balaban J connectivity index is 0.000000214. The lowest BCUT2D eigenvalue weighted by molar-refractivity contribution is -0.149. The third kappa shape index (κ3) is 22.8. The Morgan fingerprint density at radius 1 is 0.609 bits per heavy atom. The Morgan fingerprint density at radius 2 is 1.10 bits per heavy atom. The van der Waals surface area contributed by atoms with Crippen LogP contribution in [0.4, 0.5) is 20.2 Å². The van der Waals surface area contributed by atoms with Gasteiger partial charge in [0, 0.05) is 116 Å². The predicted octanol–water partition coefficient (Wildman–Crippen LogP) is 8.90. The minimum Gasteiger partial charge on any atom is -0.493 e. The number of ether oxygens (including phenoxy) is 7. The van der Waals surface area contributed by atoms with E-state index in [1.54, 1.807) is 61.8 Å². The van der Waals surface area contributed by atoms with E-state index >= 15 is 4.39 Å². The van der Waals surface area contributed by atoms with Crippen molar-refractivity contribution in [1.82, 2.24) is 25.1 Å². The van der Waals surface area contributed by atoms with Crippen LogP contribution in [0.25, 0.3) is 21.8 Å². The number of amides is 2. The number of halogens is 3. The molecule has 8 N–H and O–H groups in total. The first kappa shape index (κ1) is 70.5. The summed E-state index contributed by atoms with van der Waals surface area (Å²) in [5.41, 5.74) is 16.1. The molecule has 10 rings (SSSR count). The zero-order valence-corrected chi connectivity index (χ0v) is 51.9. The molecule has 2 aliphatic heterocycles. The van der Waals surface area contributed by atoms with Crippen molar-refractivity contribution < 1.29 is 71.3 Å². The number of nitrogens with two attached hydrogens (primary N) is 2. The molecule has 0 aliphatic carbocycles. The number of aliphatic hydroxyl groups is 2. The van der Waals surface area contributed by atoms with E-state index in [9.17, 15) is 33.8 Å². The highest BCUT2D eigenvalue weighted by Gasteiger charge is 2.19. The fourth-order valence-corrected chi connectivity index (χ4v) is 9.46. The first-order valence-corrected chi connectivity index (χ1v) is 30.5. The minimum atomic E-state index is -1.08. The molecule has 0 spiro atoms. The summed E-state index contributed by atoms with van der Waals surface area (Å²) in [6.07, 6.45) is 6.40. The largest absolute Gasteiger partial charge is 0.493 e. The number of hydrogen-bond acceptors (Lipinski definition) is 19. The Morgan fingerprint density at radius 3 is 1.54 bits per heavy atom. The molecule has 4 heterocycles. The van der Waals surface area contributed by atoms with Crippen LogP contribution in [0.3, 0.4) is 0 Å². The van der Waals surface area contributed by atoms with Crippen molar-refractivity contribution in [2.75, 3.05) is 110 Å². The molecule has 8 aromatic rings. The molecule has 2 fully saturated rings. The summed E-state index contributed by atoms with van der Waals surface area (Å²) >= 11 is 4.69. The lowest BCUT2D eigenvalue weighted by Gasteiger charge is -2.26. The number of rotatable bonds is 24. The molecule has 2 saturated heterocycles. The number of aromatic nitrogens is 2. The second-order valence-corrected chi connectivity index (χ2v) is 21.0. The third-order valence-electron chi connectivity index (χ3n) is 14.1. The number of nitrogens with one attached hydrogen (secondary N) is 2.